The maximum Gasteiger partial charge on any atom is 0.157 e. The van der Waals surface area contributed by atoms with Crippen LogP contribution in [-0.4, -0.2) is 29.0 Å². The summed E-state index contributed by atoms with van der Waals surface area (Å²) >= 11 is 0. The van der Waals surface area contributed by atoms with E-state index in [0.29, 0.717) is 0 Å². The molecule has 0 amide bonds. The van der Waals surface area contributed by atoms with E-state index >= 15 is 0 Å². The lowest BCUT2D eigenvalue weighted by molar-refractivity contribution is 0.186. The second kappa shape index (κ2) is 8.97. The molecule has 104 valence electrons. The number of hydrogen-bond acceptors (Lipinski definition) is 3. The van der Waals surface area contributed by atoms with Crippen molar-refractivity contribution in [1.82, 2.24) is 15.1 Å². The number of aromatic nitrogens is 2. The van der Waals surface area contributed by atoms with Crippen LogP contribution < -0.4 is 10.1 Å². The smallest absolute Gasteiger partial charge is 0.157 e. The lowest BCUT2D eigenvalue weighted by Gasteiger charge is -2.17. The Morgan fingerprint density at radius 1 is 1.28 bits per heavy atom. The number of ether oxygens (including phenoxy) is 1. The van der Waals surface area contributed by atoms with E-state index in [4.69, 9.17) is 4.74 Å². The second-order valence-corrected chi connectivity index (χ2v) is 4.67. The number of rotatable bonds is 10. The quantitative estimate of drug-likeness (QED) is 0.652. The van der Waals surface area contributed by atoms with Gasteiger partial charge >= 0.3 is 0 Å². The lowest BCUT2D eigenvalue weighted by Crippen LogP contribution is -2.31. The number of hydrogen-bond donors (Lipinski definition) is 1. The van der Waals surface area contributed by atoms with Crippen LogP contribution in [0.1, 0.15) is 46.5 Å². The van der Waals surface area contributed by atoms with Gasteiger partial charge in [0.2, 0.25) is 0 Å². The molecular formula is C14H27N3O. The average molecular weight is 253 g/mol. The Hall–Kier alpha value is -1.03. The van der Waals surface area contributed by atoms with Gasteiger partial charge in [0.15, 0.2) is 5.75 Å². The first-order chi connectivity index (χ1) is 8.80. The third-order valence-electron chi connectivity index (χ3n) is 2.77. The molecule has 1 heterocycles. The van der Waals surface area contributed by atoms with E-state index < -0.39 is 0 Å². The molecule has 1 N–H and O–H groups in total. The van der Waals surface area contributed by atoms with Crippen molar-refractivity contribution in [2.24, 2.45) is 0 Å². The summed E-state index contributed by atoms with van der Waals surface area (Å²) in [6.45, 7) is 9.44. The topological polar surface area (TPSA) is 39.1 Å². The molecule has 0 saturated heterocycles. The molecule has 0 aromatic carbocycles. The fourth-order valence-corrected chi connectivity index (χ4v) is 1.91. The van der Waals surface area contributed by atoms with Crippen LogP contribution in [0.15, 0.2) is 12.4 Å². The van der Waals surface area contributed by atoms with E-state index in [1.807, 2.05) is 17.1 Å². The molecule has 1 atom stereocenters. The van der Waals surface area contributed by atoms with E-state index in [1.165, 1.54) is 0 Å². The molecule has 4 heteroatoms. The van der Waals surface area contributed by atoms with E-state index in [0.717, 1.165) is 51.1 Å². The molecule has 4 nitrogen and oxygen atoms in total. The molecule has 1 aromatic rings. The largest absolute Gasteiger partial charge is 0.486 e. The number of nitrogens with zero attached hydrogens (tertiary/aromatic N) is 2. The van der Waals surface area contributed by atoms with Gasteiger partial charge in [0.1, 0.15) is 6.10 Å². The summed E-state index contributed by atoms with van der Waals surface area (Å²) in [7, 11) is 0. The van der Waals surface area contributed by atoms with E-state index in [-0.39, 0.29) is 6.10 Å². The minimum absolute atomic E-state index is 0.251. The Morgan fingerprint density at radius 2 is 2.11 bits per heavy atom. The first kappa shape index (κ1) is 15.0. The molecule has 0 aliphatic rings. The molecular weight excluding hydrogens is 226 g/mol. The molecule has 1 aromatic heterocycles. The van der Waals surface area contributed by atoms with Crippen molar-refractivity contribution >= 4 is 0 Å². The highest BCUT2D eigenvalue weighted by Gasteiger charge is 2.10. The number of aryl methyl sites for hydroxylation is 1. The van der Waals surface area contributed by atoms with Gasteiger partial charge in [0.05, 0.1) is 12.4 Å². The van der Waals surface area contributed by atoms with Crippen molar-refractivity contribution in [2.75, 3.05) is 13.1 Å². The van der Waals surface area contributed by atoms with Crippen molar-refractivity contribution in [3.05, 3.63) is 12.4 Å². The summed E-state index contributed by atoms with van der Waals surface area (Å²) in [6, 6.07) is 0. The predicted molar refractivity (Wildman–Crippen MR) is 75.0 cm³/mol. The summed E-state index contributed by atoms with van der Waals surface area (Å²) in [6.07, 6.45) is 8.53. The molecule has 0 radical (unpaired) electrons. The average Bonchev–Trinajstić information content (AvgIpc) is 2.78. The van der Waals surface area contributed by atoms with Crippen LogP contribution in [0.4, 0.5) is 0 Å². The Bertz CT molecular complexity index is 312. The minimum atomic E-state index is 0.251. The van der Waals surface area contributed by atoms with Crippen LogP contribution in [0.3, 0.4) is 0 Å². The zero-order chi connectivity index (χ0) is 13.2. The first-order valence-electron chi connectivity index (χ1n) is 7.19. The summed E-state index contributed by atoms with van der Waals surface area (Å²) in [5.74, 6) is 0.889. The molecule has 0 bridgehead atoms. The van der Waals surface area contributed by atoms with Crippen molar-refractivity contribution in [1.29, 1.82) is 0 Å². The molecule has 0 spiro atoms. The maximum atomic E-state index is 5.98. The van der Waals surface area contributed by atoms with Crippen LogP contribution in [0.5, 0.6) is 5.75 Å². The van der Waals surface area contributed by atoms with Gasteiger partial charge in [-0.2, -0.15) is 5.10 Å². The normalized spacial score (nSPS) is 12.6. The van der Waals surface area contributed by atoms with Gasteiger partial charge in [0.25, 0.3) is 0 Å². The van der Waals surface area contributed by atoms with Gasteiger partial charge in [0, 0.05) is 13.1 Å². The van der Waals surface area contributed by atoms with Gasteiger partial charge in [-0.25, -0.2) is 0 Å². The van der Waals surface area contributed by atoms with Crippen LogP contribution >= 0.6 is 0 Å². The van der Waals surface area contributed by atoms with E-state index in [2.05, 4.69) is 31.2 Å². The Kier molecular flexibility index (Phi) is 7.49. The highest BCUT2D eigenvalue weighted by atomic mass is 16.5. The molecule has 1 unspecified atom stereocenters. The van der Waals surface area contributed by atoms with E-state index in [1.54, 1.807) is 0 Å². The third-order valence-corrected chi connectivity index (χ3v) is 2.77. The summed E-state index contributed by atoms with van der Waals surface area (Å²) in [5.41, 5.74) is 0. The second-order valence-electron chi connectivity index (χ2n) is 4.67. The molecule has 0 saturated carbocycles. The molecule has 0 aliphatic carbocycles. The third kappa shape index (κ3) is 5.54. The maximum absolute atomic E-state index is 5.98. The van der Waals surface area contributed by atoms with Crippen LogP contribution in [0, 0.1) is 0 Å². The molecule has 18 heavy (non-hydrogen) atoms. The molecule has 0 fully saturated rings. The Balaban J connectivity index is 2.42. The standard InChI is InChI=1S/C14H27N3O/c1-4-7-13(10-15-8-5-2)18-14-11-16-17(12-14)9-6-3/h11-13,15H,4-10H2,1-3H3. The van der Waals surface area contributed by atoms with Crippen molar-refractivity contribution in [3.63, 3.8) is 0 Å². The van der Waals surface area contributed by atoms with Gasteiger partial charge in [-0.15, -0.1) is 0 Å². The summed E-state index contributed by atoms with van der Waals surface area (Å²) < 4.78 is 7.92. The van der Waals surface area contributed by atoms with Crippen molar-refractivity contribution < 1.29 is 4.74 Å². The van der Waals surface area contributed by atoms with Crippen molar-refractivity contribution in [2.45, 2.75) is 59.1 Å². The Labute approximate surface area is 111 Å². The Morgan fingerprint density at radius 3 is 2.78 bits per heavy atom. The van der Waals surface area contributed by atoms with Crippen molar-refractivity contribution in [3.8, 4) is 5.75 Å². The molecule has 1 rings (SSSR count). The van der Waals surface area contributed by atoms with Crippen LogP contribution in [0.2, 0.25) is 0 Å². The molecule has 0 aliphatic heterocycles. The van der Waals surface area contributed by atoms with Gasteiger partial charge < -0.3 is 10.1 Å². The van der Waals surface area contributed by atoms with Crippen LogP contribution in [-0.2, 0) is 6.54 Å². The first-order valence-corrected chi connectivity index (χ1v) is 7.19. The van der Waals surface area contributed by atoms with Gasteiger partial charge in [-0.1, -0.05) is 27.2 Å². The highest BCUT2D eigenvalue weighted by Crippen LogP contribution is 2.13. The summed E-state index contributed by atoms with van der Waals surface area (Å²) in [4.78, 5) is 0. The van der Waals surface area contributed by atoms with Gasteiger partial charge in [-0.05, 0) is 25.8 Å². The van der Waals surface area contributed by atoms with E-state index in [9.17, 15) is 0 Å². The predicted octanol–water partition coefficient (Wildman–Crippen LogP) is 2.84. The summed E-state index contributed by atoms with van der Waals surface area (Å²) in [5, 5.41) is 7.71. The monoisotopic (exact) mass is 253 g/mol. The zero-order valence-electron chi connectivity index (χ0n) is 12.0. The van der Waals surface area contributed by atoms with Gasteiger partial charge in [-0.3, -0.25) is 4.68 Å². The number of nitrogens with one attached hydrogen (secondary N) is 1. The van der Waals surface area contributed by atoms with Crippen LogP contribution in [0.25, 0.3) is 0 Å². The fraction of sp³-hybridized carbons (Fsp3) is 0.786. The fourth-order valence-electron chi connectivity index (χ4n) is 1.91. The highest BCUT2D eigenvalue weighted by molar-refractivity contribution is 5.12. The SMILES string of the molecule is CCCNCC(CCC)Oc1cnn(CCC)c1. The zero-order valence-corrected chi connectivity index (χ0v) is 12.0. The lowest BCUT2D eigenvalue weighted by atomic mass is 10.2. The minimum Gasteiger partial charge on any atom is -0.486 e.